The maximum Gasteiger partial charge on any atom is 0.407 e. The van der Waals surface area contributed by atoms with Gasteiger partial charge in [-0.25, -0.2) is 4.79 Å². The minimum Gasteiger partial charge on any atom is -0.444 e. The van der Waals surface area contributed by atoms with Crippen molar-refractivity contribution in [3.63, 3.8) is 0 Å². The Balaban J connectivity index is 2.55. The molecule has 0 aromatic rings. The first-order valence-electron chi connectivity index (χ1n) is 7.48. The highest BCUT2D eigenvalue weighted by Gasteiger charge is 2.30. The zero-order valence-electron chi connectivity index (χ0n) is 13.8. The highest BCUT2D eigenvalue weighted by Crippen LogP contribution is 2.22. The zero-order chi connectivity index (χ0) is 16.0. The van der Waals surface area contributed by atoms with Gasteiger partial charge in [-0.1, -0.05) is 6.92 Å². The first-order chi connectivity index (χ1) is 9.73. The van der Waals surface area contributed by atoms with Crippen LogP contribution in [0.3, 0.4) is 0 Å². The maximum atomic E-state index is 12.0. The van der Waals surface area contributed by atoms with E-state index in [1.807, 2.05) is 20.8 Å². The molecule has 1 fully saturated rings. The molecule has 0 spiro atoms. The lowest BCUT2D eigenvalue weighted by Gasteiger charge is -2.38. The number of alkyl carbamates (subject to hydrolysis) is 1. The number of nitrogens with zero attached hydrogens (tertiary/aromatic N) is 1. The van der Waals surface area contributed by atoms with Gasteiger partial charge in [-0.2, -0.15) is 0 Å². The van der Waals surface area contributed by atoms with Gasteiger partial charge in [0.25, 0.3) is 0 Å². The van der Waals surface area contributed by atoms with Gasteiger partial charge in [0, 0.05) is 26.2 Å². The van der Waals surface area contributed by atoms with Gasteiger partial charge in [-0.3, -0.25) is 4.79 Å². The molecule has 1 heterocycles. The fourth-order valence-electron chi connectivity index (χ4n) is 2.50. The van der Waals surface area contributed by atoms with Gasteiger partial charge in [0.1, 0.15) is 12.2 Å². The number of piperidine rings is 1. The van der Waals surface area contributed by atoms with Crippen molar-refractivity contribution in [2.24, 2.45) is 5.92 Å². The van der Waals surface area contributed by atoms with Crippen LogP contribution in [0.1, 0.15) is 40.5 Å². The fraction of sp³-hybridized carbons (Fsp3) is 0.867. The molecule has 0 saturated carbocycles. The molecule has 1 aliphatic rings. The monoisotopic (exact) mass is 300 g/mol. The van der Waals surface area contributed by atoms with Crippen molar-refractivity contribution in [2.45, 2.75) is 52.2 Å². The number of methoxy groups -OCH3 is 1. The number of hydrogen-bond donors (Lipinski definition) is 1. The Morgan fingerprint density at radius 1 is 1.33 bits per heavy atom. The van der Waals surface area contributed by atoms with Crippen LogP contribution in [0.4, 0.5) is 4.79 Å². The molecule has 6 nitrogen and oxygen atoms in total. The summed E-state index contributed by atoms with van der Waals surface area (Å²) in [6.07, 6.45) is 1.42. The Morgan fingerprint density at radius 3 is 2.57 bits per heavy atom. The first kappa shape index (κ1) is 17.8. The molecule has 21 heavy (non-hydrogen) atoms. The molecule has 2 amide bonds. The Bertz CT molecular complexity index is 365. The normalized spacial score (nSPS) is 22.8. The molecule has 1 rings (SSSR count). The summed E-state index contributed by atoms with van der Waals surface area (Å²) in [7, 11) is 1.51. The summed E-state index contributed by atoms with van der Waals surface area (Å²) in [5.41, 5.74) is -0.518. The van der Waals surface area contributed by atoms with Crippen molar-refractivity contribution in [3.05, 3.63) is 0 Å². The van der Waals surface area contributed by atoms with Crippen molar-refractivity contribution >= 4 is 12.0 Å². The third-order valence-corrected chi connectivity index (χ3v) is 3.45. The van der Waals surface area contributed by atoms with Crippen molar-refractivity contribution < 1.29 is 19.1 Å². The second-order valence-corrected chi connectivity index (χ2v) is 6.69. The van der Waals surface area contributed by atoms with Crippen LogP contribution in [-0.4, -0.2) is 55.3 Å². The highest BCUT2D eigenvalue weighted by atomic mass is 16.6. The summed E-state index contributed by atoms with van der Waals surface area (Å²) in [6.45, 7) is 8.84. The zero-order valence-corrected chi connectivity index (χ0v) is 13.8. The number of ether oxygens (including phenoxy) is 2. The molecule has 1 N–H and O–H groups in total. The minimum absolute atomic E-state index is 0.00363. The SMILES string of the molecule is COCC(=O)N1CC[C@@H](C)C[C@H]1CNC(=O)OC(C)(C)C. The van der Waals surface area contributed by atoms with Crippen LogP contribution in [0.2, 0.25) is 0 Å². The number of hydrogen-bond acceptors (Lipinski definition) is 4. The van der Waals surface area contributed by atoms with Crippen LogP contribution in [0, 0.1) is 5.92 Å². The lowest BCUT2D eigenvalue weighted by atomic mass is 9.92. The molecule has 1 saturated heterocycles. The van der Waals surface area contributed by atoms with Crippen LogP contribution in [0.15, 0.2) is 0 Å². The first-order valence-corrected chi connectivity index (χ1v) is 7.48. The molecule has 122 valence electrons. The summed E-state index contributed by atoms with van der Waals surface area (Å²) in [4.78, 5) is 25.6. The molecule has 0 unspecified atom stereocenters. The molecule has 1 aliphatic heterocycles. The minimum atomic E-state index is -0.518. The molecule has 0 aromatic carbocycles. The summed E-state index contributed by atoms with van der Waals surface area (Å²) in [5, 5.41) is 2.76. The van der Waals surface area contributed by atoms with Crippen LogP contribution in [0.25, 0.3) is 0 Å². The van der Waals surface area contributed by atoms with Gasteiger partial charge in [0.05, 0.1) is 0 Å². The van der Waals surface area contributed by atoms with E-state index in [1.54, 1.807) is 4.90 Å². The van der Waals surface area contributed by atoms with E-state index in [0.717, 1.165) is 12.8 Å². The van der Waals surface area contributed by atoms with Gasteiger partial charge in [0.15, 0.2) is 0 Å². The average Bonchev–Trinajstić information content (AvgIpc) is 2.34. The lowest BCUT2D eigenvalue weighted by molar-refractivity contribution is -0.139. The lowest BCUT2D eigenvalue weighted by Crippen LogP contribution is -2.52. The van der Waals surface area contributed by atoms with Crippen LogP contribution in [0.5, 0.6) is 0 Å². The Labute approximate surface area is 127 Å². The van der Waals surface area contributed by atoms with E-state index in [2.05, 4.69) is 12.2 Å². The summed E-state index contributed by atoms with van der Waals surface area (Å²) in [5.74, 6) is 0.516. The largest absolute Gasteiger partial charge is 0.444 e. The van der Waals surface area contributed by atoms with E-state index < -0.39 is 11.7 Å². The molecule has 2 atom stereocenters. The number of likely N-dealkylation sites (tertiary alicyclic amines) is 1. The molecule has 0 radical (unpaired) electrons. The fourth-order valence-corrected chi connectivity index (χ4v) is 2.50. The van der Waals surface area contributed by atoms with E-state index in [4.69, 9.17) is 9.47 Å². The quantitative estimate of drug-likeness (QED) is 0.859. The van der Waals surface area contributed by atoms with Gasteiger partial charge in [-0.15, -0.1) is 0 Å². The van der Waals surface area contributed by atoms with E-state index in [1.165, 1.54) is 7.11 Å². The Hall–Kier alpha value is -1.30. The Morgan fingerprint density at radius 2 is 2.00 bits per heavy atom. The van der Waals surface area contributed by atoms with Gasteiger partial charge >= 0.3 is 6.09 Å². The van der Waals surface area contributed by atoms with Crippen molar-refractivity contribution in [1.29, 1.82) is 0 Å². The highest BCUT2D eigenvalue weighted by molar-refractivity contribution is 5.78. The number of rotatable bonds is 4. The standard InChI is InChI=1S/C15H28N2O4/c1-11-6-7-17(13(18)10-20-5)12(8-11)9-16-14(19)21-15(2,3)4/h11-12H,6-10H2,1-5H3,(H,16,19)/t11-,12+/m1/s1. The van der Waals surface area contributed by atoms with Crippen molar-refractivity contribution in [1.82, 2.24) is 10.2 Å². The van der Waals surface area contributed by atoms with Crippen LogP contribution in [-0.2, 0) is 14.3 Å². The predicted octanol–water partition coefficient (Wildman–Crippen LogP) is 1.78. The van der Waals surface area contributed by atoms with Crippen LogP contribution < -0.4 is 5.32 Å². The van der Waals surface area contributed by atoms with Crippen molar-refractivity contribution in [2.75, 3.05) is 26.8 Å². The van der Waals surface area contributed by atoms with Gasteiger partial charge in [0.2, 0.25) is 5.91 Å². The molecular weight excluding hydrogens is 272 g/mol. The smallest absolute Gasteiger partial charge is 0.407 e. The molecule has 6 heteroatoms. The van der Waals surface area contributed by atoms with E-state index in [0.29, 0.717) is 19.0 Å². The molecule has 0 aliphatic carbocycles. The number of carbonyl (C=O) groups excluding carboxylic acids is 2. The number of nitrogens with one attached hydrogen (secondary N) is 1. The number of carbonyl (C=O) groups is 2. The Kier molecular flexibility index (Phi) is 6.45. The van der Waals surface area contributed by atoms with Crippen molar-refractivity contribution in [3.8, 4) is 0 Å². The average molecular weight is 300 g/mol. The summed E-state index contributed by atoms with van der Waals surface area (Å²) < 4.78 is 10.1. The second kappa shape index (κ2) is 7.64. The molecular formula is C15H28N2O4. The molecule has 0 bridgehead atoms. The molecule has 0 aromatic heterocycles. The summed E-state index contributed by atoms with van der Waals surface area (Å²) in [6, 6.07) is 0.00363. The van der Waals surface area contributed by atoms with Crippen LogP contribution >= 0.6 is 0 Å². The second-order valence-electron chi connectivity index (χ2n) is 6.69. The van der Waals surface area contributed by atoms with E-state index in [-0.39, 0.29) is 18.6 Å². The van der Waals surface area contributed by atoms with Gasteiger partial charge in [-0.05, 0) is 39.5 Å². The third kappa shape index (κ3) is 6.33. The predicted molar refractivity (Wildman–Crippen MR) is 80.0 cm³/mol. The van der Waals surface area contributed by atoms with Gasteiger partial charge < -0.3 is 19.7 Å². The van der Waals surface area contributed by atoms with E-state index >= 15 is 0 Å². The summed E-state index contributed by atoms with van der Waals surface area (Å²) >= 11 is 0. The van der Waals surface area contributed by atoms with E-state index in [9.17, 15) is 9.59 Å². The third-order valence-electron chi connectivity index (χ3n) is 3.45. The maximum absolute atomic E-state index is 12.0. The topological polar surface area (TPSA) is 67.9 Å². The number of amides is 2.